The Morgan fingerprint density at radius 1 is 1.21 bits per heavy atom. The zero-order chi connectivity index (χ0) is 13.5. The van der Waals surface area contributed by atoms with Crippen LogP contribution in [-0.2, 0) is 14.2 Å². The molecule has 4 atom stereocenters. The lowest BCUT2D eigenvalue weighted by molar-refractivity contribution is -0.0773. The van der Waals surface area contributed by atoms with Crippen LogP contribution in [0.2, 0.25) is 0 Å². The van der Waals surface area contributed by atoms with E-state index in [1.807, 2.05) is 31.2 Å². The molecule has 0 bridgehead atoms. The Morgan fingerprint density at radius 3 is 2.63 bits per heavy atom. The first-order valence-electron chi connectivity index (χ1n) is 6.65. The SMILES string of the molecule is CO[C@@H]1CO[C@@H]2[C@H](Oc3ccc(C)cc3)CO[C@@]21C. The molecule has 4 heteroatoms. The van der Waals surface area contributed by atoms with E-state index in [9.17, 15) is 0 Å². The lowest BCUT2D eigenvalue weighted by atomic mass is 9.94. The topological polar surface area (TPSA) is 36.9 Å². The predicted molar refractivity (Wildman–Crippen MR) is 70.5 cm³/mol. The molecule has 0 spiro atoms. The van der Waals surface area contributed by atoms with Gasteiger partial charge < -0.3 is 18.9 Å². The second-order valence-corrected chi connectivity index (χ2v) is 5.44. The van der Waals surface area contributed by atoms with Crippen molar-refractivity contribution in [3.8, 4) is 5.75 Å². The van der Waals surface area contributed by atoms with Gasteiger partial charge in [0, 0.05) is 7.11 Å². The maximum atomic E-state index is 6.00. The highest BCUT2D eigenvalue weighted by molar-refractivity contribution is 5.27. The van der Waals surface area contributed by atoms with Gasteiger partial charge in [-0.3, -0.25) is 0 Å². The molecule has 4 nitrogen and oxygen atoms in total. The van der Waals surface area contributed by atoms with E-state index in [-0.39, 0.29) is 18.3 Å². The van der Waals surface area contributed by atoms with Gasteiger partial charge in [-0.1, -0.05) is 17.7 Å². The Kier molecular flexibility index (Phi) is 3.25. The molecule has 0 aliphatic carbocycles. The zero-order valence-electron chi connectivity index (χ0n) is 11.6. The van der Waals surface area contributed by atoms with Crippen molar-refractivity contribution < 1.29 is 18.9 Å². The number of benzene rings is 1. The third kappa shape index (κ3) is 2.14. The lowest BCUT2D eigenvalue weighted by Gasteiger charge is -2.27. The summed E-state index contributed by atoms with van der Waals surface area (Å²) in [5, 5.41) is 0. The molecule has 0 saturated carbocycles. The number of methoxy groups -OCH3 is 1. The molecule has 0 unspecified atom stereocenters. The third-order valence-corrected chi connectivity index (χ3v) is 4.12. The molecule has 3 rings (SSSR count). The summed E-state index contributed by atoms with van der Waals surface area (Å²) in [6, 6.07) is 8.04. The van der Waals surface area contributed by atoms with Crippen molar-refractivity contribution in [2.24, 2.45) is 0 Å². The van der Waals surface area contributed by atoms with Crippen LogP contribution >= 0.6 is 0 Å². The minimum Gasteiger partial charge on any atom is -0.485 e. The molecule has 2 aliphatic heterocycles. The molecule has 2 fully saturated rings. The molecule has 0 radical (unpaired) electrons. The Hall–Kier alpha value is -1.10. The number of hydrogen-bond acceptors (Lipinski definition) is 4. The van der Waals surface area contributed by atoms with Crippen molar-refractivity contribution in [2.75, 3.05) is 20.3 Å². The Labute approximate surface area is 113 Å². The molecular formula is C15H20O4. The van der Waals surface area contributed by atoms with Gasteiger partial charge in [0.2, 0.25) is 0 Å². The summed E-state index contributed by atoms with van der Waals surface area (Å²) in [6.45, 7) is 5.19. The summed E-state index contributed by atoms with van der Waals surface area (Å²) < 4.78 is 23.2. The highest BCUT2D eigenvalue weighted by Crippen LogP contribution is 2.40. The summed E-state index contributed by atoms with van der Waals surface area (Å²) >= 11 is 0. The summed E-state index contributed by atoms with van der Waals surface area (Å²) in [7, 11) is 1.69. The van der Waals surface area contributed by atoms with E-state index < -0.39 is 5.60 Å². The molecule has 0 amide bonds. The standard InChI is InChI=1S/C15H20O4/c1-10-4-6-11(7-5-10)19-12-8-18-15(2)13(16-3)9-17-14(12)15/h4-7,12-14H,8-9H2,1-3H3/t12-,13-,14-,15-/m1/s1. The Balaban J connectivity index is 1.72. The van der Waals surface area contributed by atoms with Crippen molar-refractivity contribution in [1.29, 1.82) is 0 Å². The number of rotatable bonds is 3. The van der Waals surface area contributed by atoms with Crippen LogP contribution < -0.4 is 4.74 Å². The van der Waals surface area contributed by atoms with Gasteiger partial charge in [-0.2, -0.15) is 0 Å². The van der Waals surface area contributed by atoms with Crippen LogP contribution in [0, 0.1) is 6.92 Å². The maximum Gasteiger partial charge on any atom is 0.151 e. The van der Waals surface area contributed by atoms with E-state index in [4.69, 9.17) is 18.9 Å². The number of hydrogen-bond donors (Lipinski definition) is 0. The van der Waals surface area contributed by atoms with Gasteiger partial charge in [-0.25, -0.2) is 0 Å². The van der Waals surface area contributed by atoms with E-state index in [1.54, 1.807) is 7.11 Å². The van der Waals surface area contributed by atoms with Gasteiger partial charge >= 0.3 is 0 Å². The van der Waals surface area contributed by atoms with Crippen LogP contribution in [0.15, 0.2) is 24.3 Å². The summed E-state index contributed by atoms with van der Waals surface area (Å²) in [4.78, 5) is 0. The Morgan fingerprint density at radius 2 is 1.95 bits per heavy atom. The summed E-state index contributed by atoms with van der Waals surface area (Å²) in [5.41, 5.74) is 0.820. The first-order chi connectivity index (χ1) is 9.13. The first kappa shape index (κ1) is 12.9. The molecule has 2 saturated heterocycles. The minimum atomic E-state index is -0.399. The van der Waals surface area contributed by atoms with Crippen molar-refractivity contribution >= 4 is 0 Å². The van der Waals surface area contributed by atoms with Crippen molar-refractivity contribution in [2.45, 2.75) is 37.8 Å². The molecule has 19 heavy (non-hydrogen) atoms. The monoisotopic (exact) mass is 264 g/mol. The summed E-state index contributed by atoms with van der Waals surface area (Å²) in [5.74, 6) is 0.855. The molecule has 0 aromatic heterocycles. The fraction of sp³-hybridized carbons (Fsp3) is 0.600. The maximum absolute atomic E-state index is 6.00. The average Bonchev–Trinajstić information content (AvgIpc) is 2.88. The molecule has 2 aliphatic rings. The number of fused-ring (bicyclic) bond motifs is 1. The van der Waals surface area contributed by atoms with E-state index in [2.05, 4.69) is 6.92 Å². The van der Waals surface area contributed by atoms with Crippen LogP contribution in [0.3, 0.4) is 0 Å². The first-order valence-corrected chi connectivity index (χ1v) is 6.65. The van der Waals surface area contributed by atoms with E-state index in [0.717, 1.165) is 5.75 Å². The lowest BCUT2D eigenvalue weighted by Crippen LogP contribution is -2.45. The highest BCUT2D eigenvalue weighted by Gasteiger charge is 2.58. The van der Waals surface area contributed by atoms with E-state index in [1.165, 1.54) is 5.56 Å². The van der Waals surface area contributed by atoms with Crippen LogP contribution in [0.1, 0.15) is 12.5 Å². The summed E-state index contributed by atoms with van der Waals surface area (Å²) in [6.07, 6.45) is -0.171. The second kappa shape index (κ2) is 4.78. The zero-order valence-corrected chi connectivity index (χ0v) is 11.6. The molecule has 0 N–H and O–H groups in total. The van der Waals surface area contributed by atoms with Crippen LogP contribution in [-0.4, -0.2) is 44.2 Å². The van der Waals surface area contributed by atoms with Crippen LogP contribution in [0.25, 0.3) is 0 Å². The van der Waals surface area contributed by atoms with E-state index >= 15 is 0 Å². The van der Waals surface area contributed by atoms with Gasteiger partial charge in [0.15, 0.2) is 6.10 Å². The van der Waals surface area contributed by atoms with Crippen molar-refractivity contribution in [1.82, 2.24) is 0 Å². The normalized spacial score (nSPS) is 37.3. The minimum absolute atomic E-state index is 0.0240. The smallest absolute Gasteiger partial charge is 0.151 e. The van der Waals surface area contributed by atoms with Crippen molar-refractivity contribution in [3.05, 3.63) is 29.8 Å². The molecule has 2 heterocycles. The molecule has 1 aromatic carbocycles. The fourth-order valence-corrected chi connectivity index (χ4v) is 2.90. The second-order valence-electron chi connectivity index (χ2n) is 5.44. The number of ether oxygens (including phenoxy) is 4. The quantitative estimate of drug-likeness (QED) is 0.836. The average molecular weight is 264 g/mol. The van der Waals surface area contributed by atoms with Gasteiger partial charge in [-0.15, -0.1) is 0 Å². The van der Waals surface area contributed by atoms with Crippen LogP contribution in [0.4, 0.5) is 0 Å². The predicted octanol–water partition coefficient (Wildman–Crippen LogP) is 1.95. The van der Waals surface area contributed by atoms with E-state index in [0.29, 0.717) is 13.2 Å². The molecular weight excluding hydrogens is 244 g/mol. The fourth-order valence-electron chi connectivity index (χ4n) is 2.90. The van der Waals surface area contributed by atoms with Gasteiger partial charge in [0.1, 0.15) is 23.6 Å². The molecule has 1 aromatic rings. The van der Waals surface area contributed by atoms with Crippen molar-refractivity contribution in [3.63, 3.8) is 0 Å². The number of aryl methyl sites for hydroxylation is 1. The highest BCUT2D eigenvalue weighted by atomic mass is 16.6. The largest absolute Gasteiger partial charge is 0.485 e. The van der Waals surface area contributed by atoms with Gasteiger partial charge in [-0.05, 0) is 26.0 Å². The Bertz CT molecular complexity index is 444. The third-order valence-electron chi connectivity index (χ3n) is 4.12. The molecule has 104 valence electrons. The van der Waals surface area contributed by atoms with Gasteiger partial charge in [0.05, 0.1) is 13.2 Å². The van der Waals surface area contributed by atoms with Crippen LogP contribution in [0.5, 0.6) is 5.75 Å². The van der Waals surface area contributed by atoms with Gasteiger partial charge in [0.25, 0.3) is 0 Å².